The van der Waals surface area contributed by atoms with E-state index >= 15 is 0 Å². The van der Waals surface area contributed by atoms with Crippen molar-refractivity contribution in [3.8, 4) is 0 Å². The van der Waals surface area contributed by atoms with Gasteiger partial charge < -0.3 is 14.8 Å². The maximum atomic E-state index is 11.9. The zero-order valence-corrected chi connectivity index (χ0v) is 12.8. The molecule has 3 aliphatic rings. The third kappa shape index (κ3) is 3.09. The minimum Gasteiger partial charge on any atom is -0.469 e. The Bertz CT molecular complexity index is 374. The maximum Gasteiger partial charge on any atom is 0.404 e. The second-order valence-electron chi connectivity index (χ2n) is 6.10. The molecule has 1 unspecified atom stereocenters. The summed E-state index contributed by atoms with van der Waals surface area (Å²) in [4.78, 5) is 22.6. The van der Waals surface area contributed by atoms with Crippen LogP contribution in [0.3, 0.4) is 0 Å². The van der Waals surface area contributed by atoms with E-state index in [4.69, 9.17) is 21.1 Å². The van der Waals surface area contributed by atoms with Crippen LogP contribution in [-0.4, -0.2) is 36.7 Å². The Morgan fingerprint density at radius 2 is 1.75 bits per heavy atom. The number of rotatable bonds is 5. The van der Waals surface area contributed by atoms with Gasteiger partial charge >= 0.3 is 11.4 Å². The fourth-order valence-corrected chi connectivity index (χ4v) is 3.69. The smallest absolute Gasteiger partial charge is 0.404 e. The second-order valence-corrected chi connectivity index (χ2v) is 6.41. The van der Waals surface area contributed by atoms with E-state index in [0.717, 1.165) is 38.5 Å². The molecule has 5 nitrogen and oxygen atoms in total. The van der Waals surface area contributed by atoms with Crippen molar-refractivity contribution >= 4 is 23.0 Å². The van der Waals surface area contributed by atoms with Crippen molar-refractivity contribution in [3.63, 3.8) is 0 Å². The summed E-state index contributed by atoms with van der Waals surface area (Å²) in [5.41, 5.74) is -0.955. The first kappa shape index (κ1) is 15.6. The molecule has 1 N–H and O–H groups in total. The number of carbonyl (C=O) groups excluding carboxylic acids is 2. The van der Waals surface area contributed by atoms with Crippen LogP contribution in [0.2, 0.25) is 0 Å². The Kier molecular flexibility index (Phi) is 4.59. The number of halogens is 1. The molecule has 3 saturated carbocycles. The summed E-state index contributed by atoms with van der Waals surface area (Å²) >= 11 is 5.20. The van der Waals surface area contributed by atoms with E-state index in [1.165, 1.54) is 7.11 Å². The molecule has 114 valence electrons. The zero-order chi connectivity index (χ0) is 14.8. The molecular weight excluding hydrogens is 282 g/mol. The highest BCUT2D eigenvalue weighted by Crippen LogP contribution is 2.52. The molecule has 3 rings (SSSR count). The monoisotopic (exact) mass is 303 g/mol. The Hall–Kier alpha value is -0.810. The van der Waals surface area contributed by atoms with Crippen molar-refractivity contribution in [2.75, 3.05) is 13.7 Å². The number of fused-ring (bicyclic) bond motifs is 3. The van der Waals surface area contributed by atoms with Crippen LogP contribution in [0, 0.1) is 5.41 Å². The molecule has 1 atom stereocenters. The van der Waals surface area contributed by atoms with Crippen LogP contribution < -0.4 is 5.32 Å². The average Bonchev–Trinajstić information content (AvgIpc) is 2.45. The normalized spacial score (nSPS) is 33.5. The number of esters is 1. The van der Waals surface area contributed by atoms with Gasteiger partial charge in [-0.2, -0.15) is 0 Å². The van der Waals surface area contributed by atoms with Gasteiger partial charge in [0.15, 0.2) is 0 Å². The molecule has 2 bridgehead atoms. The summed E-state index contributed by atoms with van der Waals surface area (Å²) in [6.07, 6.45) is 5.25. The topological polar surface area (TPSA) is 64.6 Å². The predicted octanol–water partition coefficient (Wildman–Crippen LogP) is 2.61. The first-order chi connectivity index (χ1) is 9.41. The minimum absolute atomic E-state index is 0.0600. The van der Waals surface area contributed by atoms with Gasteiger partial charge in [0.1, 0.15) is 6.10 Å². The zero-order valence-electron chi connectivity index (χ0n) is 12.0. The summed E-state index contributed by atoms with van der Waals surface area (Å²) in [6, 6.07) is 0. The van der Waals surface area contributed by atoms with Crippen LogP contribution >= 0.6 is 11.6 Å². The Balaban J connectivity index is 1.87. The first-order valence-corrected chi connectivity index (χ1v) is 7.49. The standard InChI is InChI=1S/C14H22ClNO4/c1-10(20-12(15)18)9-16-14-6-3-13(4-7-14,5-8-14)11(17)19-2/h10,16H,3-9H2,1-2H3. The molecule has 0 aromatic heterocycles. The van der Waals surface area contributed by atoms with Crippen molar-refractivity contribution in [1.29, 1.82) is 0 Å². The van der Waals surface area contributed by atoms with E-state index in [2.05, 4.69) is 5.32 Å². The first-order valence-electron chi connectivity index (χ1n) is 7.11. The number of nitrogens with one attached hydrogen (secondary N) is 1. The van der Waals surface area contributed by atoms with Gasteiger partial charge in [-0.3, -0.25) is 4.79 Å². The summed E-state index contributed by atoms with van der Waals surface area (Å²) in [5.74, 6) is -0.0600. The van der Waals surface area contributed by atoms with Gasteiger partial charge in [-0.1, -0.05) is 0 Å². The van der Waals surface area contributed by atoms with Crippen molar-refractivity contribution < 1.29 is 19.1 Å². The third-order valence-electron chi connectivity index (χ3n) is 4.92. The lowest BCUT2D eigenvalue weighted by molar-refractivity contribution is -0.160. The number of ether oxygens (including phenoxy) is 2. The quantitative estimate of drug-likeness (QED) is 0.625. The van der Waals surface area contributed by atoms with Gasteiger partial charge in [-0.15, -0.1) is 0 Å². The largest absolute Gasteiger partial charge is 0.469 e. The molecule has 0 heterocycles. The van der Waals surface area contributed by atoms with Gasteiger partial charge in [0, 0.05) is 23.7 Å². The van der Waals surface area contributed by atoms with E-state index in [9.17, 15) is 9.59 Å². The average molecular weight is 304 g/mol. The molecule has 0 saturated heterocycles. The van der Waals surface area contributed by atoms with Gasteiger partial charge in [0.2, 0.25) is 0 Å². The predicted molar refractivity (Wildman–Crippen MR) is 74.7 cm³/mol. The number of methoxy groups -OCH3 is 1. The number of carbonyl (C=O) groups is 2. The summed E-state index contributed by atoms with van der Waals surface area (Å²) < 4.78 is 9.86. The molecule has 6 heteroatoms. The SMILES string of the molecule is COC(=O)C12CCC(NCC(C)OC(=O)Cl)(CC1)CC2. The Labute approximate surface area is 124 Å². The van der Waals surface area contributed by atoms with Crippen LogP contribution in [-0.2, 0) is 14.3 Å². The van der Waals surface area contributed by atoms with E-state index in [1.807, 2.05) is 6.92 Å². The number of hydrogen-bond acceptors (Lipinski definition) is 5. The third-order valence-corrected chi connectivity index (χ3v) is 5.01. The van der Waals surface area contributed by atoms with Crippen molar-refractivity contribution in [2.24, 2.45) is 5.41 Å². The van der Waals surface area contributed by atoms with E-state index in [0.29, 0.717) is 6.54 Å². The van der Waals surface area contributed by atoms with E-state index in [-0.39, 0.29) is 23.0 Å². The van der Waals surface area contributed by atoms with Crippen molar-refractivity contribution in [3.05, 3.63) is 0 Å². The van der Waals surface area contributed by atoms with Crippen molar-refractivity contribution in [1.82, 2.24) is 5.32 Å². The fourth-order valence-electron chi connectivity index (χ4n) is 3.53. The van der Waals surface area contributed by atoms with Crippen LogP contribution in [0.25, 0.3) is 0 Å². The molecule has 3 aliphatic carbocycles. The lowest BCUT2D eigenvalue weighted by Gasteiger charge is -2.52. The van der Waals surface area contributed by atoms with E-state index < -0.39 is 5.43 Å². The molecular formula is C14H22ClNO4. The lowest BCUT2D eigenvalue weighted by atomic mass is 9.57. The molecule has 0 aromatic rings. The molecule has 0 amide bonds. The fraction of sp³-hybridized carbons (Fsp3) is 0.857. The lowest BCUT2D eigenvalue weighted by Crippen LogP contribution is -2.58. The van der Waals surface area contributed by atoms with Crippen LogP contribution in [0.1, 0.15) is 45.4 Å². The highest BCUT2D eigenvalue weighted by Gasteiger charge is 2.52. The van der Waals surface area contributed by atoms with Crippen LogP contribution in [0.5, 0.6) is 0 Å². The summed E-state index contributed by atoms with van der Waals surface area (Å²) in [7, 11) is 1.47. The van der Waals surface area contributed by atoms with Gasteiger partial charge in [0.25, 0.3) is 0 Å². The van der Waals surface area contributed by atoms with Gasteiger partial charge in [-0.25, -0.2) is 4.79 Å². The summed E-state index contributed by atoms with van der Waals surface area (Å²) in [5, 5.41) is 3.51. The van der Waals surface area contributed by atoms with Crippen molar-refractivity contribution in [2.45, 2.75) is 57.1 Å². The molecule has 0 aliphatic heterocycles. The maximum absolute atomic E-state index is 11.9. The molecule has 0 radical (unpaired) electrons. The minimum atomic E-state index is -0.770. The van der Waals surface area contributed by atoms with Crippen LogP contribution in [0.4, 0.5) is 4.79 Å². The number of hydrogen-bond donors (Lipinski definition) is 1. The molecule has 0 spiro atoms. The van der Waals surface area contributed by atoms with Gasteiger partial charge in [0.05, 0.1) is 12.5 Å². The second kappa shape index (κ2) is 5.90. The van der Waals surface area contributed by atoms with Gasteiger partial charge in [-0.05, 0) is 45.4 Å². The van der Waals surface area contributed by atoms with E-state index in [1.54, 1.807) is 0 Å². The molecule has 3 fully saturated rings. The summed E-state index contributed by atoms with van der Waals surface area (Å²) in [6.45, 7) is 2.40. The molecule has 20 heavy (non-hydrogen) atoms. The Morgan fingerprint density at radius 1 is 1.20 bits per heavy atom. The highest BCUT2D eigenvalue weighted by molar-refractivity contribution is 6.61. The Morgan fingerprint density at radius 3 is 2.20 bits per heavy atom. The highest BCUT2D eigenvalue weighted by atomic mass is 35.5. The van der Waals surface area contributed by atoms with Crippen LogP contribution in [0.15, 0.2) is 0 Å². The molecule has 0 aromatic carbocycles.